The molecule has 0 radical (unpaired) electrons. The van der Waals surface area contributed by atoms with Crippen LogP contribution in [0, 0.1) is 0 Å². The predicted molar refractivity (Wildman–Crippen MR) is 65.6 cm³/mol. The van der Waals surface area contributed by atoms with E-state index < -0.39 is 12.6 Å². The van der Waals surface area contributed by atoms with Crippen molar-refractivity contribution in [3.8, 4) is 0 Å². The fourth-order valence-electron chi connectivity index (χ4n) is 3.03. The van der Waals surface area contributed by atoms with Crippen LogP contribution in [0.5, 0.6) is 0 Å². The van der Waals surface area contributed by atoms with E-state index in [1.807, 2.05) is 14.0 Å². The first-order valence-electron chi connectivity index (χ1n) is 6.81. The lowest BCUT2D eigenvalue weighted by Crippen LogP contribution is -2.49. The smallest absolute Gasteiger partial charge is 0.374 e. The van der Waals surface area contributed by atoms with Crippen molar-refractivity contribution in [3.63, 3.8) is 0 Å². The first-order chi connectivity index (χ1) is 8.43. The topological polar surface area (TPSA) is 21.3 Å². The maximum absolute atomic E-state index is 12.2. The second-order valence-corrected chi connectivity index (χ2v) is 5.05. The number of ether oxygens (including phenoxy) is 1. The summed E-state index contributed by atoms with van der Waals surface area (Å²) in [5, 5.41) is 3.16. The third kappa shape index (κ3) is 4.43. The van der Waals surface area contributed by atoms with E-state index in [1.54, 1.807) is 0 Å². The van der Waals surface area contributed by atoms with Gasteiger partial charge in [-0.2, -0.15) is 13.2 Å². The van der Waals surface area contributed by atoms with Crippen LogP contribution in [0.2, 0.25) is 0 Å². The zero-order chi connectivity index (χ0) is 13.6. The van der Waals surface area contributed by atoms with Crippen LogP contribution in [0.3, 0.4) is 0 Å². The Morgan fingerprint density at radius 1 is 1.28 bits per heavy atom. The molecular formula is C13H24F3NO. The van der Waals surface area contributed by atoms with Crippen LogP contribution in [0.15, 0.2) is 0 Å². The molecule has 0 bridgehead atoms. The molecule has 18 heavy (non-hydrogen) atoms. The van der Waals surface area contributed by atoms with Crippen molar-refractivity contribution in [1.29, 1.82) is 0 Å². The van der Waals surface area contributed by atoms with Crippen LogP contribution in [0.25, 0.3) is 0 Å². The third-order valence-corrected chi connectivity index (χ3v) is 3.82. The van der Waals surface area contributed by atoms with Gasteiger partial charge in [-0.1, -0.05) is 12.8 Å². The van der Waals surface area contributed by atoms with E-state index in [1.165, 1.54) is 0 Å². The number of rotatable bonds is 7. The van der Waals surface area contributed by atoms with Crippen molar-refractivity contribution in [2.45, 2.75) is 69.7 Å². The normalized spacial score (nSPS) is 21.2. The van der Waals surface area contributed by atoms with Crippen molar-refractivity contribution in [1.82, 2.24) is 5.32 Å². The molecule has 0 aromatic carbocycles. The van der Waals surface area contributed by atoms with Gasteiger partial charge >= 0.3 is 6.18 Å². The Labute approximate surface area is 107 Å². The van der Waals surface area contributed by atoms with Gasteiger partial charge in [0.15, 0.2) is 0 Å². The van der Waals surface area contributed by atoms with Gasteiger partial charge in [-0.25, -0.2) is 0 Å². The summed E-state index contributed by atoms with van der Waals surface area (Å²) in [4.78, 5) is 0. The first-order valence-corrected chi connectivity index (χ1v) is 6.81. The maximum Gasteiger partial charge on any atom is 0.389 e. The Balaban J connectivity index is 2.52. The van der Waals surface area contributed by atoms with Gasteiger partial charge in [0, 0.05) is 19.1 Å². The summed E-state index contributed by atoms with van der Waals surface area (Å²) in [5.74, 6) is 0. The minimum absolute atomic E-state index is 0.0299. The summed E-state index contributed by atoms with van der Waals surface area (Å²) < 4.78 is 42.4. The number of alkyl halides is 3. The summed E-state index contributed by atoms with van der Waals surface area (Å²) in [5.41, 5.74) is -0.241. The van der Waals surface area contributed by atoms with E-state index in [4.69, 9.17) is 4.74 Å². The molecule has 1 atom stereocenters. The average molecular weight is 267 g/mol. The molecule has 2 nitrogen and oxygen atoms in total. The number of hydrogen-bond donors (Lipinski definition) is 1. The minimum atomic E-state index is -4.05. The number of hydrogen-bond acceptors (Lipinski definition) is 2. The molecule has 1 fully saturated rings. The van der Waals surface area contributed by atoms with Gasteiger partial charge in [-0.05, 0) is 39.7 Å². The molecule has 5 heteroatoms. The Morgan fingerprint density at radius 2 is 1.89 bits per heavy atom. The van der Waals surface area contributed by atoms with Crippen LogP contribution in [-0.2, 0) is 4.74 Å². The van der Waals surface area contributed by atoms with Crippen LogP contribution in [0.4, 0.5) is 13.2 Å². The summed E-state index contributed by atoms with van der Waals surface area (Å²) in [6, 6.07) is 0.0299. The highest BCUT2D eigenvalue weighted by atomic mass is 19.4. The van der Waals surface area contributed by atoms with Crippen molar-refractivity contribution < 1.29 is 17.9 Å². The van der Waals surface area contributed by atoms with Crippen molar-refractivity contribution in [2.75, 3.05) is 13.7 Å². The van der Waals surface area contributed by atoms with Gasteiger partial charge in [0.05, 0.1) is 5.60 Å². The number of likely N-dealkylation sites (N-methyl/N-ethyl adjacent to an activating group) is 1. The molecule has 1 aliphatic carbocycles. The lowest BCUT2D eigenvalue weighted by atomic mass is 9.88. The third-order valence-electron chi connectivity index (χ3n) is 3.82. The van der Waals surface area contributed by atoms with Crippen molar-refractivity contribution in [3.05, 3.63) is 0 Å². The van der Waals surface area contributed by atoms with E-state index in [0.717, 1.165) is 25.7 Å². The Bertz CT molecular complexity index is 237. The highest BCUT2D eigenvalue weighted by molar-refractivity contribution is 4.96. The average Bonchev–Trinajstić information content (AvgIpc) is 2.73. The number of nitrogens with one attached hydrogen (secondary N) is 1. The second-order valence-electron chi connectivity index (χ2n) is 5.05. The van der Waals surface area contributed by atoms with Gasteiger partial charge in [0.25, 0.3) is 0 Å². The minimum Gasteiger partial charge on any atom is -0.374 e. The largest absolute Gasteiger partial charge is 0.389 e. The summed E-state index contributed by atoms with van der Waals surface area (Å²) in [6.45, 7) is 2.57. The predicted octanol–water partition coefficient (Wildman–Crippen LogP) is 3.66. The van der Waals surface area contributed by atoms with Gasteiger partial charge in [-0.15, -0.1) is 0 Å². The molecule has 108 valence electrons. The van der Waals surface area contributed by atoms with Crippen LogP contribution >= 0.6 is 0 Å². The molecule has 0 spiro atoms. The first kappa shape index (κ1) is 15.8. The van der Waals surface area contributed by atoms with Gasteiger partial charge in [-0.3, -0.25) is 0 Å². The Morgan fingerprint density at radius 3 is 2.33 bits per heavy atom. The molecule has 0 amide bonds. The summed E-state index contributed by atoms with van der Waals surface area (Å²) in [7, 11) is 1.82. The Hall–Kier alpha value is -0.290. The molecule has 0 aliphatic heterocycles. The van der Waals surface area contributed by atoms with E-state index in [9.17, 15) is 13.2 Å². The second kappa shape index (κ2) is 6.75. The molecule has 0 aromatic heterocycles. The molecule has 1 N–H and O–H groups in total. The molecule has 0 heterocycles. The zero-order valence-corrected chi connectivity index (χ0v) is 11.3. The quantitative estimate of drug-likeness (QED) is 0.760. The van der Waals surface area contributed by atoms with Crippen molar-refractivity contribution in [2.24, 2.45) is 0 Å². The van der Waals surface area contributed by atoms with Crippen LogP contribution < -0.4 is 5.32 Å². The summed E-state index contributed by atoms with van der Waals surface area (Å²) >= 11 is 0. The lowest BCUT2D eigenvalue weighted by Gasteiger charge is -2.37. The van der Waals surface area contributed by atoms with E-state index in [0.29, 0.717) is 13.0 Å². The molecule has 1 aliphatic rings. The van der Waals surface area contributed by atoms with Gasteiger partial charge in [0.1, 0.15) is 0 Å². The van der Waals surface area contributed by atoms with Crippen molar-refractivity contribution >= 4 is 0 Å². The van der Waals surface area contributed by atoms with Crippen LogP contribution in [-0.4, -0.2) is 31.5 Å². The molecule has 1 saturated carbocycles. The number of halogens is 3. The zero-order valence-electron chi connectivity index (χ0n) is 11.3. The standard InChI is InChI=1S/C13H24F3NO/c1-3-18-12(8-4-5-9-12)11(17-2)7-6-10-13(14,15)16/h11,17H,3-10H2,1-2H3. The fraction of sp³-hybridized carbons (Fsp3) is 1.00. The Kier molecular flexibility index (Phi) is 5.92. The lowest BCUT2D eigenvalue weighted by molar-refractivity contribution is -0.137. The van der Waals surface area contributed by atoms with E-state index >= 15 is 0 Å². The summed E-state index contributed by atoms with van der Waals surface area (Å²) in [6.07, 6.45) is 0.0750. The molecule has 1 unspecified atom stereocenters. The fourth-order valence-corrected chi connectivity index (χ4v) is 3.03. The van der Waals surface area contributed by atoms with Gasteiger partial charge in [0.2, 0.25) is 0 Å². The van der Waals surface area contributed by atoms with E-state index in [-0.39, 0.29) is 18.1 Å². The monoisotopic (exact) mass is 267 g/mol. The maximum atomic E-state index is 12.2. The van der Waals surface area contributed by atoms with E-state index in [2.05, 4.69) is 5.32 Å². The highest BCUT2D eigenvalue weighted by Crippen LogP contribution is 2.38. The SMILES string of the molecule is CCOC1(C(CCCC(F)(F)F)NC)CCCC1. The highest BCUT2D eigenvalue weighted by Gasteiger charge is 2.41. The molecular weight excluding hydrogens is 243 g/mol. The van der Waals surface area contributed by atoms with Gasteiger partial charge < -0.3 is 10.1 Å². The van der Waals surface area contributed by atoms with Crippen LogP contribution in [0.1, 0.15) is 51.9 Å². The molecule has 1 rings (SSSR count). The molecule has 0 aromatic rings. The molecule has 0 saturated heterocycles.